The quantitative estimate of drug-likeness (QED) is 0.891. The van der Waals surface area contributed by atoms with Crippen LogP contribution >= 0.6 is 11.6 Å². The van der Waals surface area contributed by atoms with Crippen molar-refractivity contribution in [1.82, 2.24) is 0 Å². The fourth-order valence-corrected chi connectivity index (χ4v) is 2.58. The molecule has 2 aromatic rings. The Morgan fingerprint density at radius 3 is 2.42 bits per heavy atom. The van der Waals surface area contributed by atoms with Gasteiger partial charge in [-0.2, -0.15) is 0 Å². The van der Waals surface area contributed by atoms with Crippen LogP contribution in [0.25, 0.3) is 0 Å². The number of carbonyl (C=O) groups is 2. The summed E-state index contributed by atoms with van der Waals surface area (Å²) in [5.74, 6) is -0.128. The number of para-hydroxylation sites is 1. The number of nitrogens with zero attached hydrogens (tertiary/aromatic N) is 1. The van der Waals surface area contributed by atoms with E-state index in [0.29, 0.717) is 23.5 Å². The van der Waals surface area contributed by atoms with Crippen LogP contribution in [-0.2, 0) is 4.79 Å². The van der Waals surface area contributed by atoms with E-state index in [1.807, 2.05) is 37.3 Å². The minimum Gasteiger partial charge on any atom is -0.496 e. The highest BCUT2D eigenvalue weighted by Gasteiger charge is 2.22. The van der Waals surface area contributed by atoms with E-state index in [-0.39, 0.29) is 16.8 Å². The molecule has 126 valence electrons. The molecule has 0 aromatic heterocycles. The third-order valence-electron chi connectivity index (χ3n) is 3.46. The molecular formula is C18H19ClN2O3. The molecule has 0 spiro atoms. The Hall–Kier alpha value is -2.53. The first kappa shape index (κ1) is 17.8. The predicted molar refractivity (Wildman–Crippen MR) is 96.1 cm³/mol. The van der Waals surface area contributed by atoms with Crippen LogP contribution in [0, 0.1) is 0 Å². The molecule has 0 aliphatic rings. The van der Waals surface area contributed by atoms with Crippen molar-refractivity contribution in [1.29, 1.82) is 0 Å². The SMILES string of the molecule is CCN(C(=O)c1cc(Cl)c(NC(C)=O)cc1OC)c1ccccc1. The second-order valence-corrected chi connectivity index (χ2v) is 5.51. The van der Waals surface area contributed by atoms with Crippen molar-refractivity contribution >= 4 is 34.8 Å². The van der Waals surface area contributed by atoms with E-state index in [9.17, 15) is 9.59 Å². The maximum atomic E-state index is 12.9. The van der Waals surface area contributed by atoms with E-state index in [0.717, 1.165) is 5.69 Å². The number of anilines is 2. The number of halogens is 1. The van der Waals surface area contributed by atoms with E-state index in [1.54, 1.807) is 11.0 Å². The van der Waals surface area contributed by atoms with Gasteiger partial charge in [0.05, 0.1) is 23.4 Å². The predicted octanol–water partition coefficient (Wildman–Crippen LogP) is 3.97. The van der Waals surface area contributed by atoms with Gasteiger partial charge in [-0.15, -0.1) is 0 Å². The number of ether oxygens (including phenoxy) is 1. The average Bonchev–Trinajstić information content (AvgIpc) is 2.57. The standard InChI is InChI=1S/C18H19ClN2O3/c1-4-21(13-8-6-5-7-9-13)18(23)14-10-15(19)16(20-12(2)22)11-17(14)24-3/h5-11H,4H2,1-3H3,(H,20,22). The Balaban J connectivity index is 2.44. The minimum atomic E-state index is -0.252. The van der Waals surface area contributed by atoms with Gasteiger partial charge in [-0.3, -0.25) is 9.59 Å². The van der Waals surface area contributed by atoms with Gasteiger partial charge in [0.15, 0.2) is 0 Å². The number of hydrogen-bond donors (Lipinski definition) is 1. The zero-order valence-corrected chi connectivity index (χ0v) is 14.6. The second kappa shape index (κ2) is 7.84. The van der Waals surface area contributed by atoms with E-state index in [2.05, 4.69) is 5.32 Å². The number of benzene rings is 2. The average molecular weight is 347 g/mol. The minimum absolute atomic E-state index is 0.225. The van der Waals surface area contributed by atoms with Crippen LogP contribution in [0.1, 0.15) is 24.2 Å². The van der Waals surface area contributed by atoms with Crippen LogP contribution in [0.4, 0.5) is 11.4 Å². The fraction of sp³-hybridized carbons (Fsp3) is 0.222. The Morgan fingerprint density at radius 1 is 1.21 bits per heavy atom. The Labute approximate surface area is 146 Å². The van der Waals surface area contributed by atoms with E-state index in [1.165, 1.54) is 20.1 Å². The summed E-state index contributed by atoms with van der Waals surface area (Å²) in [5, 5.41) is 2.89. The van der Waals surface area contributed by atoms with Crippen molar-refractivity contribution in [2.24, 2.45) is 0 Å². The van der Waals surface area contributed by atoms with E-state index in [4.69, 9.17) is 16.3 Å². The van der Waals surface area contributed by atoms with Crippen LogP contribution < -0.4 is 15.0 Å². The van der Waals surface area contributed by atoms with Crippen molar-refractivity contribution in [3.8, 4) is 5.75 Å². The van der Waals surface area contributed by atoms with Gasteiger partial charge >= 0.3 is 0 Å². The molecule has 24 heavy (non-hydrogen) atoms. The van der Waals surface area contributed by atoms with Crippen LogP contribution in [0.2, 0.25) is 5.02 Å². The van der Waals surface area contributed by atoms with E-state index >= 15 is 0 Å². The van der Waals surface area contributed by atoms with Gasteiger partial charge in [0.2, 0.25) is 5.91 Å². The highest BCUT2D eigenvalue weighted by atomic mass is 35.5. The molecule has 2 rings (SSSR count). The monoisotopic (exact) mass is 346 g/mol. The summed E-state index contributed by atoms with van der Waals surface area (Å²) in [5.41, 5.74) is 1.52. The molecule has 5 nitrogen and oxygen atoms in total. The molecule has 0 aliphatic heterocycles. The normalized spacial score (nSPS) is 10.2. The molecule has 2 amide bonds. The lowest BCUT2D eigenvalue weighted by molar-refractivity contribution is -0.114. The lowest BCUT2D eigenvalue weighted by Crippen LogP contribution is -2.31. The largest absolute Gasteiger partial charge is 0.496 e. The Morgan fingerprint density at radius 2 is 1.88 bits per heavy atom. The Bertz CT molecular complexity index is 747. The summed E-state index contributed by atoms with van der Waals surface area (Å²) in [7, 11) is 1.47. The maximum Gasteiger partial charge on any atom is 0.262 e. The molecule has 0 fully saturated rings. The van der Waals surface area contributed by atoms with Crippen LogP contribution in [0.5, 0.6) is 5.75 Å². The summed E-state index contributed by atoms with van der Waals surface area (Å²) in [6.07, 6.45) is 0. The van der Waals surface area contributed by atoms with Crippen molar-refractivity contribution in [2.45, 2.75) is 13.8 Å². The van der Waals surface area contributed by atoms with Crippen LogP contribution in [0.15, 0.2) is 42.5 Å². The van der Waals surface area contributed by atoms with Crippen molar-refractivity contribution in [2.75, 3.05) is 23.9 Å². The molecule has 0 unspecified atom stereocenters. The lowest BCUT2D eigenvalue weighted by Gasteiger charge is -2.22. The molecule has 1 N–H and O–H groups in total. The smallest absolute Gasteiger partial charge is 0.262 e. The van der Waals surface area contributed by atoms with E-state index < -0.39 is 0 Å². The summed E-state index contributed by atoms with van der Waals surface area (Å²) in [4.78, 5) is 25.8. The number of nitrogens with one attached hydrogen (secondary N) is 1. The summed E-state index contributed by atoms with van der Waals surface area (Å²) < 4.78 is 5.32. The van der Waals surface area contributed by atoms with Gasteiger partial charge < -0.3 is 15.0 Å². The number of amides is 2. The van der Waals surface area contributed by atoms with Gasteiger partial charge in [-0.25, -0.2) is 0 Å². The van der Waals surface area contributed by atoms with Crippen molar-refractivity contribution in [3.05, 3.63) is 53.1 Å². The molecule has 0 heterocycles. The third-order valence-corrected chi connectivity index (χ3v) is 3.77. The molecule has 0 radical (unpaired) electrons. The summed E-state index contributed by atoms with van der Waals surface area (Å²) in [6.45, 7) is 3.78. The third kappa shape index (κ3) is 3.86. The molecule has 2 aromatic carbocycles. The number of carbonyl (C=O) groups excluding carboxylic acids is 2. The van der Waals surface area contributed by atoms with Gasteiger partial charge in [-0.05, 0) is 25.1 Å². The maximum absolute atomic E-state index is 12.9. The first-order valence-electron chi connectivity index (χ1n) is 7.50. The molecule has 0 saturated heterocycles. The molecule has 0 aliphatic carbocycles. The molecule has 6 heteroatoms. The second-order valence-electron chi connectivity index (χ2n) is 5.10. The summed E-state index contributed by atoms with van der Waals surface area (Å²) in [6, 6.07) is 12.4. The lowest BCUT2D eigenvalue weighted by atomic mass is 10.1. The van der Waals surface area contributed by atoms with Gasteiger partial charge in [0, 0.05) is 25.2 Å². The zero-order chi connectivity index (χ0) is 17.7. The molecule has 0 saturated carbocycles. The highest BCUT2D eigenvalue weighted by Crippen LogP contribution is 2.32. The number of hydrogen-bond acceptors (Lipinski definition) is 3. The number of methoxy groups -OCH3 is 1. The topological polar surface area (TPSA) is 58.6 Å². The highest BCUT2D eigenvalue weighted by molar-refractivity contribution is 6.34. The molecule has 0 atom stereocenters. The van der Waals surface area contributed by atoms with Gasteiger partial charge in [0.25, 0.3) is 5.91 Å². The fourth-order valence-electron chi connectivity index (χ4n) is 2.37. The van der Waals surface area contributed by atoms with Crippen LogP contribution in [0.3, 0.4) is 0 Å². The molecular weight excluding hydrogens is 328 g/mol. The number of rotatable bonds is 5. The van der Waals surface area contributed by atoms with Gasteiger partial charge in [-0.1, -0.05) is 29.8 Å². The molecule has 0 bridgehead atoms. The summed E-state index contributed by atoms with van der Waals surface area (Å²) >= 11 is 6.20. The van der Waals surface area contributed by atoms with Gasteiger partial charge in [0.1, 0.15) is 5.75 Å². The van der Waals surface area contributed by atoms with Crippen molar-refractivity contribution < 1.29 is 14.3 Å². The first-order chi connectivity index (χ1) is 11.5. The Kier molecular flexibility index (Phi) is 5.82. The van der Waals surface area contributed by atoms with Crippen LogP contribution in [-0.4, -0.2) is 25.5 Å². The zero-order valence-electron chi connectivity index (χ0n) is 13.8. The van der Waals surface area contributed by atoms with Crippen molar-refractivity contribution in [3.63, 3.8) is 0 Å². The first-order valence-corrected chi connectivity index (χ1v) is 7.87.